The van der Waals surface area contributed by atoms with Crippen LogP contribution >= 0.6 is 0 Å². The molecule has 0 bridgehead atoms. The molecule has 0 aliphatic heterocycles. The standard InChI is InChI=1S/C20H20F2N4O2/c1-26-18(7-9-24-26)15-11-13(5-6-19(15)28-10-8-23)25-20(27)12-14-16(21)3-2-4-17(14)22/h2-7,9,11H,8,10,12,23H2,1H3,(H,25,27). The third kappa shape index (κ3) is 4.34. The van der Waals surface area contributed by atoms with Crippen LogP contribution in [0.5, 0.6) is 5.75 Å². The monoisotopic (exact) mass is 386 g/mol. The van der Waals surface area contributed by atoms with E-state index in [1.54, 1.807) is 36.1 Å². The number of benzene rings is 2. The number of nitrogens with zero attached hydrogens (tertiary/aromatic N) is 2. The van der Waals surface area contributed by atoms with Crippen LogP contribution in [-0.2, 0) is 18.3 Å². The van der Waals surface area contributed by atoms with Crippen molar-refractivity contribution in [1.29, 1.82) is 0 Å². The van der Waals surface area contributed by atoms with E-state index in [0.717, 1.165) is 17.8 Å². The van der Waals surface area contributed by atoms with Crippen molar-refractivity contribution in [3.05, 3.63) is 65.9 Å². The number of nitrogens with one attached hydrogen (secondary N) is 1. The molecule has 8 heteroatoms. The third-order valence-electron chi connectivity index (χ3n) is 4.13. The molecular weight excluding hydrogens is 366 g/mol. The number of hydrogen-bond donors (Lipinski definition) is 2. The Labute approximate surface area is 160 Å². The van der Waals surface area contributed by atoms with E-state index in [1.807, 2.05) is 6.07 Å². The van der Waals surface area contributed by atoms with E-state index in [1.165, 1.54) is 6.07 Å². The molecule has 0 spiro atoms. The van der Waals surface area contributed by atoms with Crippen LogP contribution in [0.1, 0.15) is 5.56 Å². The van der Waals surface area contributed by atoms with Crippen LogP contribution in [0.15, 0.2) is 48.7 Å². The summed E-state index contributed by atoms with van der Waals surface area (Å²) < 4.78 is 34.9. The Morgan fingerprint density at radius 1 is 1.21 bits per heavy atom. The van der Waals surface area contributed by atoms with Crippen molar-refractivity contribution >= 4 is 11.6 Å². The predicted octanol–water partition coefficient (Wildman–Crippen LogP) is 2.88. The fraction of sp³-hybridized carbons (Fsp3) is 0.200. The number of nitrogens with two attached hydrogens (primary N) is 1. The summed E-state index contributed by atoms with van der Waals surface area (Å²) >= 11 is 0. The molecule has 0 radical (unpaired) electrons. The molecule has 146 valence electrons. The summed E-state index contributed by atoms with van der Waals surface area (Å²) in [6.07, 6.45) is 1.24. The minimum Gasteiger partial charge on any atom is -0.492 e. The highest BCUT2D eigenvalue weighted by Gasteiger charge is 2.15. The number of carbonyl (C=O) groups is 1. The van der Waals surface area contributed by atoms with Gasteiger partial charge >= 0.3 is 0 Å². The Morgan fingerprint density at radius 2 is 1.96 bits per heavy atom. The highest BCUT2D eigenvalue weighted by atomic mass is 19.1. The Kier molecular flexibility index (Phi) is 6.00. The smallest absolute Gasteiger partial charge is 0.229 e. The van der Waals surface area contributed by atoms with Gasteiger partial charge in [0, 0.05) is 36.6 Å². The van der Waals surface area contributed by atoms with Gasteiger partial charge in [-0.25, -0.2) is 8.78 Å². The maximum absolute atomic E-state index is 13.8. The van der Waals surface area contributed by atoms with Gasteiger partial charge in [-0.2, -0.15) is 5.10 Å². The van der Waals surface area contributed by atoms with Gasteiger partial charge in [-0.05, 0) is 36.4 Å². The van der Waals surface area contributed by atoms with E-state index >= 15 is 0 Å². The molecule has 1 amide bonds. The van der Waals surface area contributed by atoms with Gasteiger partial charge < -0.3 is 15.8 Å². The number of hydrogen-bond acceptors (Lipinski definition) is 4. The molecule has 0 aliphatic carbocycles. The maximum atomic E-state index is 13.8. The highest BCUT2D eigenvalue weighted by molar-refractivity contribution is 5.93. The van der Waals surface area contributed by atoms with Crippen molar-refractivity contribution in [2.75, 3.05) is 18.5 Å². The Morgan fingerprint density at radius 3 is 2.61 bits per heavy atom. The van der Waals surface area contributed by atoms with Crippen LogP contribution in [0.4, 0.5) is 14.5 Å². The zero-order valence-corrected chi connectivity index (χ0v) is 15.3. The number of ether oxygens (including phenoxy) is 1. The van der Waals surface area contributed by atoms with Crippen molar-refractivity contribution in [2.45, 2.75) is 6.42 Å². The second-order valence-corrected chi connectivity index (χ2v) is 6.11. The SMILES string of the molecule is Cn1nccc1-c1cc(NC(=O)Cc2c(F)cccc2F)ccc1OCCN. The molecule has 2 aromatic carbocycles. The van der Waals surface area contributed by atoms with Gasteiger partial charge in [0.05, 0.1) is 12.1 Å². The van der Waals surface area contributed by atoms with Crippen molar-refractivity contribution in [3.63, 3.8) is 0 Å². The third-order valence-corrected chi connectivity index (χ3v) is 4.13. The first kappa shape index (κ1) is 19.5. The average Bonchev–Trinajstić information content (AvgIpc) is 3.09. The van der Waals surface area contributed by atoms with Gasteiger partial charge in [0.25, 0.3) is 0 Å². The lowest BCUT2D eigenvalue weighted by atomic mass is 10.1. The van der Waals surface area contributed by atoms with Crippen LogP contribution in [0.2, 0.25) is 0 Å². The summed E-state index contributed by atoms with van der Waals surface area (Å²) in [6, 6.07) is 10.4. The summed E-state index contributed by atoms with van der Waals surface area (Å²) in [7, 11) is 1.79. The highest BCUT2D eigenvalue weighted by Crippen LogP contribution is 2.32. The van der Waals surface area contributed by atoms with E-state index in [0.29, 0.717) is 30.2 Å². The Bertz CT molecular complexity index is 968. The zero-order chi connectivity index (χ0) is 20.1. The second kappa shape index (κ2) is 8.62. The van der Waals surface area contributed by atoms with Gasteiger partial charge in [0.1, 0.15) is 24.0 Å². The minimum atomic E-state index is -0.753. The number of amides is 1. The zero-order valence-electron chi connectivity index (χ0n) is 15.3. The van der Waals surface area contributed by atoms with Gasteiger partial charge in [-0.1, -0.05) is 6.07 Å². The first-order valence-corrected chi connectivity index (χ1v) is 8.67. The fourth-order valence-electron chi connectivity index (χ4n) is 2.81. The number of halogens is 2. The van der Waals surface area contributed by atoms with E-state index in [9.17, 15) is 13.6 Å². The molecule has 0 saturated carbocycles. The van der Waals surface area contributed by atoms with Crippen LogP contribution in [0, 0.1) is 11.6 Å². The number of carbonyl (C=O) groups excluding carboxylic acids is 1. The fourth-order valence-corrected chi connectivity index (χ4v) is 2.81. The van der Waals surface area contributed by atoms with Crippen LogP contribution in [0.25, 0.3) is 11.3 Å². The predicted molar refractivity (Wildman–Crippen MR) is 102 cm³/mol. The van der Waals surface area contributed by atoms with Gasteiger partial charge in [0.15, 0.2) is 0 Å². The summed E-state index contributed by atoms with van der Waals surface area (Å²) in [4.78, 5) is 12.3. The topological polar surface area (TPSA) is 82.2 Å². The largest absolute Gasteiger partial charge is 0.492 e. The van der Waals surface area contributed by atoms with Gasteiger partial charge in [0.2, 0.25) is 5.91 Å². The van der Waals surface area contributed by atoms with E-state index in [4.69, 9.17) is 10.5 Å². The minimum absolute atomic E-state index is 0.269. The molecule has 3 N–H and O–H groups in total. The molecule has 28 heavy (non-hydrogen) atoms. The Hall–Kier alpha value is -3.26. The average molecular weight is 386 g/mol. The maximum Gasteiger partial charge on any atom is 0.229 e. The summed E-state index contributed by atoms with van der Waals surface area (Å²) in [5, 5.41) is 6.81. The van der Waals surface area contributed by atoms with Crippen LogP contribution in [-0.4, -0.2) is 28.8 Å². The molecule has 0 fully saturated rings. The number of aromatic nitrogens is 2. The molecule has 1 heterocycles. The lowest BCUT2D eigenvalue weighted by molar-refractivity contribution is -0.115. The van der Waals surface area contributed by atoms with Crippen molar-refractivity contribution in [3.8, 4) is 17.0 Å². The molecule has 6 nitrogen and oxygen atoms in total. The Balaban J connectivity index is 1.84. The lowest BCUT2D eigenvalue weighted by Gasteiger charge is -2.14. The summed E-state index contributed by atoms with van der Waals surface area (Å²) in [5.74, 6) is -1.45. The normalized spacial score (nSPS) is 10.7. The molecule has 1 aromatic heterocycles. The van der Waals surface area contributed by atoms with Crippen LogP contribution < -0.4 is 15.8 Å². The molecule has 0 unspecified atom stereocenters. The summed E-state index contributed by atoms with van der Waals surface area (Å²) in [6.45, 7) is 0.695. The summed E-state index contributed by atoms with van der Waals surface area (Å²) in [5.41, 5.74) is 7.20. The quantitative estimate of drug-likeness (QED) is 0.654. The van der Waals surface area contributed by atoms with Crippen molar-refractivity contribution in [2.24, 2.45) is 12.8 Å². The second-order valence-electron chi connectivity index (χ2n) is 6.11. The molecule has 3 rings (SSSR count). The first-order valence-electron chi connectivity index (χ1n) is 8.67. The number of anilines is 1. The lowest BCUT2D eigenvalue weighted by Crippen LogP contribution is -2.16. The van der Waals surface area contributed by atoms with Crippen molar-refractivity contribution < 1.29 is 18.3 Å². The molecule has 3 aromatic rings. The molecule has 0 aliphatic rings. The first-order chi connectivity index (χ1) is 13.5. The van der Waals surface area contributed by atoms with E-state index in [2.05, 4.69) is 10.4 Å². The number of aryl methyl sites for hydroxylation is 1. The van der Waals surface area contributed by atoms with E-state index < -0.39 is 24.0 Å². The van der Waals surface area contributed by atoms with Gasteiger partial charge in [-0.3, -0.25) is 9.48 Å². The van der Waals surface area contributed by atoms with Gasteiger partial charge in [-0.15, -0.1) is 0 Å². The van der Waals surface area contributed by atoms with Crippen molar-refractivity contribution in [1.82, 2.24) is 9.78 Å². The molecule has 0 atom stereocenters. The van der Waals surface area contributed by atoms with E-state index in [-0.39, 0.29) is 5.56 Å². The molecule has 0 saturated heterocycles. The van der Waals surface area contributed by atoms with Crippen LogP contribution in [0.3, 0.4) is 0 Å². The number of rotatable bonds is 7. The molecular formula is C20H20F2N4O2.